The first-order chi connectivity index (χ1) is 15.6. The van der Waals surface area contributed by atoms with E-state index in [2.05, 4.69) is 10.6 Å². The molecule has 0 atom stereocenters. The van der Waals surface area contributed by atoms with Crippen LogP contribution >= 0.6 is 0 Å². The second kappa shape index (κ2) is 11.6. The molecule has 0 aliphatic heterocycles. The van der Waals surface area contributed by atoms with Crippen LogP contribution in [0.5, 0.6) is 11.5 Å². The normalized spacial score (nSPS) is 10.3. The maximum atomic E-state index is 12.7. The van der Waals surface area contributed by atoms with E-state index in [0.717, 1.165) is 12.8 Å². The van der Waals surface area contributed by atoms with Gasteiger partial charge < -0.3 is 20.1 Å². The van der Waals surface area contributed by atoms with Crippen molar-refractivity contribution >= 4 is 23.2 Å². The van der Waals surface area contributed by atoms with Crippen molar-refractivity contribution in [3.05, 3.63) is 83.9 Å². The maximum Gasteiger partial charge on any atom is 0.259 e. The second-order valence-electron chi connectivity index (χ2n) is 7.17. The van der Waals surface area contributed by atoms with Gasteiger partial charge in [-0.2, -0.15) is 0 Å². The Hall–Kier alpha value is -3.80. The molecule has 2 N–H and O–H groups in total. The van der Waals surface area contributed by atoms with Gasteiger partial charge >= 0.3 is 0 Å². The van der Waals surface area contributed by atoms with Gasteiger partial charge in [-0.05, 0) is 61.4 Å². The van der Waals surface area contributed by atoms with Crippen LogP contribution in [-0.2, 0) is 0 Å². The topological polar surface area (TPSA) is 76.7 Å². The summed E-state index contributed by atoms with van der Waals surface area (Å²) in [7, 11) is 0. The number of carbonyl (C=O) groups is 2. The number of amides is 2. The number of hydrogen-bond acceptors (Lipinski definition) is 4. The molecule has 3 aromatic carbocycles. The fraction of sp³-hybridized carbons (Fsp3) is 0.231. The zero-order valence-electron chi connectivity index (χ0n) is 18.4. The Balaban J connectivity index is 1.65. The molecule has 0 aromatic heterocycles. The Morgan fingerprint density at radius 3 is 1.38 bits per heavy atom. The highest BCUT2D eigenvalue weighted by atomic mass is 16.5. The molecule has 3 rings (SSSR count). The number of anilines is 2. The largest absolute Gasteiger partial charge is 0.493 e. The predicted molar refractivity (Wildman–Crippen MR) is 127 cm³/mol. The number of benzene rings is 3. The van der Waals surface area contributed by atoms with E-state index in [4.69, 9.17) is 9.47 Å². The minimum absolute atomic E-state index is 0.254. The van der Waals surface area contributed by atoms with Crippen LogP contribution in [-0.4, -0.2) is 25.0 Å². The highest BCUT2D eigenvalue weighted by molar-refractivity contribution is 6.07. The SMILES string of the molecule is CCCOc1ccccc1C(=O)Nc1ccc(NC(=O)c2ccccc2OCCC)cc1. The van der Waals surface area contributed by atoms with Crippen LogP contribution in [0, 0.1) is 0 Å². The summed E-state index contributed by atoms with van der Waals surface area (Å²) >= 11 is 0. The van der Waals surface area contributed by atoms with Crippen LogP contribution in [0.25, 0.3) is 0 Å². The summed E-state index contributed by atoms with van der Waals surface area (Å²) < 4.78 is 11.3. The van der Waals surface area contributed by atoms with E-state index in [1.54, 1.807) is 60.7 Å². The lowest BCUT2D eigenvalue weighted by Gasteiger charge is -2.12. The molecular formula is C26H28N2O4. The van der Waals surface area contributed by atoms with Gasteiger partial charge in [0, 0.05) is 11.4 Å². The lowest BCUT2D eigenvalue weighted by atomic mass is 10.1. The zero-order valence-corrected chi connectivity index (χ0v) is 18.4. The molecule has 0 bridgehead atoms. The Labute approximate surface area is 188 Å². The molecular weight excluding hydrogens is 404 g/mol. The van der Waals surface area contributed by atoms with E-state index in [-0.39, 0.29) is 11.8 Å². The van der Waals surface area contributed by atoms with Crippen molar-refractivity contribution in [3.8, 4) is 11.5 Å². The number of carbonyl (C=O) groups excluding carboxylic acids is 2. The van der Waals surface area contributed by atoms with Gasteiger partial charge in [-0.15, -0.1) is 0 Å². The van der Waals surface area contributed by atoms with E-state index in [9.17, 15) is 9.59 Å². The van der Waals surface area contributed by atoms with E-state index >= 15 is 0 Å². The van der Waals surface area contributed by atoms with Crippen molar-refractivity contribution in [2.24, 2.45) is 0 Å². The minimum atomic E-state index is -0.254. The van der Waals surface area contributed by atoms with Gasteiger partial charge in [-0.1, -0.05) is 38.1 Å². The van der Waals surface area contributed by atoms with Crippen molar-refractivity contribution in [1.82, 2.24) is 0 Å². The molecule has 0 saturated carbocycles. The van der Waals surface area contributed by atoms with Crippen LogP contribution in [0.1, 0.15) is 47.4 Å². The average Bonchev–Trinajstić information content (AvgIpc) is 2.83. The molecule has 0 radical (unpaired) electrons. The first-order valence-corrected chi connectivity index (χ1v) is 10.8. The number of rotatable bonds is 10. The fourth-order valence-corrected chi connectivity index (χ4v) is 3.02. The Kier molecular flexibility index (Phi) is 8.26. The van der Waals surface area contributed by atoms with E-state index in [1.165, 1.54) is 0 Å². The van der Waals surface area contributed by atoms with Crippen LogP contribution in [0.2, 0.25) is 0 Å². The Bertz CT molecular complexity index is 963. The van der Waals surface area contributed by atoms with Gasteiger partial charge in [0.05, 0.1) is 24.3 Å². The van der Waals surface area contributed by atoms with Crippen molar-refractivity contribution in [3.63, 3.8) is 0 Å². The van der Waals surface area contributed by atoms with Crippen LogP contribution in [0.3, 0.4) is 0 Å². The molecule has 0 saturated heterocycles. The van der Waals surface area contributed by atoms with Crippen LogP contribution in [0.4, 0.5) is 11.4 Å². The van der Waals surface area contributed by atoms with E-state index < -0.39 is 0 Å². The first kappa shape index (κ1) is 22.9. The van der Waals surface area contributed by atoms with Gasteiger partial charge in [0.2, 0.25) is 0 Å². The monoisotopic (exact) mass is 432 g/mol. The average molecular weight is 433 g/mol. The Morgan fingerprint density at radius 1 is 0.625 bits per heavy atom. The highest BCUT2D eigenvalue weighted by Crippen LogP contribution is 2.23. The summed E-state index contributed by atoms with van der Waals surface area (Å²) in [6, 6.07) is 21.3. The molecule has 0 fully saturated rings. The van der Waals surface area contributed by atoms with E-state index in [0.29, 0.717) is 47.2 Å². The minimum Gasteiger partial charge on any atom is -0.493 e. The van der Waals surface area contributed by atoms with E-state index in [1.807, 2.05) is 26.0 Å². The van der Waals surface area contributed by atoms with Gasteiger partial charge in [0.15, 0.2) is 0 Å². The smallest absolute Gasteiger partial charge is 0.259 e. The molecule has 0 heterocycles. The lowest BCUT2D eigenvalue weighted by molar-refractivity contribution is 0.101. The first-order valence-electron chi connectivity index (χ1n) is 10.8. The third-order valence-electron chi connectivity index (χ3n) is 4.59. The summed E-state index contributed by atoms with van der Waals surface area (Å²) in [5.74, 6) is 0.602. The molecule has 0 spiro atoms. The summed E-state index contributed by atoms with van der Waals surface area (Å²) in [5.41, 5.74) is 2.18. The molecule has 6 nitrogen and oxygen atoms in total. The van der Waals surface area contributed by atoms with Crippen LogP contribution in [0.15, 0.2) is 72.8 Å². The third kappa shape index (κ3) is 6.11. The third-order valence-corrected chi connectivity index (χ3v) is 4.59. The summed E-state index contributed by atoms with van der Waals surface area (Å²) in [5, 5.41) is 5.74. The number of hydrogen-bond donors (Lipinski definition) is 2. The molecule has 6 heteroatoms. The van der Waals surface area contributed by atoms with Crippen molar-refractivity contribution in [2.45, 2.75) is 26.7 Å². The maximum absolute atomic E-state index is 12.7. The van der Waals surface area contributed by atoms with Gasteiger partial charge in [-0.25, -0.2) is 0 Å². The summed E-state index contributed by atoms with van der Waals surface area (Å²) in [6.45, 7) is 5.12. The van der Waals surface area contributed by atoms with Gasteiger partial charge in [-0.3, -0.25) is 9.59 Å². The zero-order chi connectivity index (χ0) is 22.8. The van der Waals surface area contributed by atoms with Gasteiger partial charge in [0.1, 0.15) is 11.5 Å². The molecule has 3 aromatic rings. The molecule has 2 amide bonds. The second-order valence-corrected chi connectivity index (χ2v) is 7.17. The van der Waals surface area contributed by atoms with Crippen molar-refractivity contribution in [1.29, 1.82) is 0 Å². The molecule has 0 aliphatic rings. The summed E-state index contributed by atoms with van der Waals surface area (Å²) in [4.78, 5) is 25.4. The summed E-state index contributed by atoms with van der Waals surface area (Å²) in [6.07, 6.45) is 1.72. The fourth-order valence-electron chi connectivity index (χ4n) is 3.02. The molecule has 32 heavy (non-hydrogen) atoms. The van der Waals surface area contributed by atoms with Gasteiger partial charge in [0.25, 0.3) is 11.8 Å². The molecule has 166 valence electrons. The van der Waals surface area contributed by atoms with Crippen molar-refractivity contribution in [2.75, 3.05) is 23.8 Å². The number of nitrogens with one attached hydrogen (secondary N) is 2. The molecule has 0 aliphatic carbocycles. The molecule has 0 unspecified atom stereocenters. The van der Waals surface area contributed by atoms with Crippen molar-refractivity contribution < 1.29 is 19.1 Å². The van der Waals surface area contributed by atoms with Crippen LogP contribution < -0.4 is 20.1 Å². The quantitative estimate of drug-likeness (QED) is 0.426. The number of ether oxygens (including phenoxy) is 2. The predicted octanol–water partition coefficient (Wildman–Crippen LogP) is 5.77. The lowest BCUT2D eigenvalue weighted by Crippen LogP contribution is -2.15. The standard InChI is InChI=1S/C26H28N2O4/c1-3-17-31-23-11-7-5-9-21(23)25(29)27-19-13-15-20(16-14-19)28-26(30)22-10-6-8-12-24(22)32-18-4-2/h5-16H,3-4,17-18H2,1-2H3,(H,27,29)(H,28,30). The Morgan fingerprint density at radius 2 is 1.00 bits per heavy atom. The number of para-hydroxylation sites is 2. The highest BCUT2D eigenvalue weighted by Gasteiger charge is 2.14.